The molecule has 158 valence electrons. The summed E-state index contributed by atoms with van der Waals surface area (Å²) >= 11 is 2.27. The zero-order valence-electron chi connectivity index (χ0n) is 17.1. The van der Waals surface area contributed by atoms with Crippen molar-refractivity contribution in [2.75, 3.05) is 7.11 Å². The van der Waals surface area contributed by atoms with Crippen molar-refractivity contribution in [3.63, 3.8) is 0 Å². The molecule has 3 aromatic carbocycles. The summed E-state index contributed by atoms with van der Waals surface area (Å²) in [4.78, 5) is 29.2. The third-order valence-corrected chi connectivity index (χ3v) is 6.21. The number of carboxylic acid groups (broad SMARTS) is 1. The fourth-order valence-corrected chi connectivity index (χ4v) is 4.54. The minimum absolute atomic E-state index is 0.0542. The van der Waals surface area contributed by atoms with Crippen LogP contribution in [-0.2, 0) is 4.74 Å². The molecule has 0 bridgehead atoms. The molecular formula is C26H18INO4. The summed E-state index contributed by atoms with van der Waals surface area (Å²) in [6.45, 7) is 0. The number of hydrogen-bond donors (Lipinski definition) is 1. The Kier molecular flexibility index (Phi) is 6.32. The van der Waals surface area contributed by atoms with Gasteiger partial charge in [-0.2, -0.15) is 0 Å². The molecule has 1 heterocycles. The zero-order valence-corrected chi connectivity index (χ0v) is 19.2. The average molecular weight is 535 g/mol. The van der Waals surface area contributed by atoms with Crippen LogP contribution >= 0.6 is 22.6 Å². The summed E-state index contributed by atoms with van der Waals surface area (Å²) < 4.78 is 5.79. The van der Waals surface area contributed by atoms with E-state index < -0.39 is 11.9 Å². The van der Waals surface area contributed by atoms with Crippen LogP contribution in [0.3, 0.4) is 0 Å². The molecule has 0 unspecified atom stereocenters. The van der Waals surface area contributed by atoms with E-state index in [2.05, 4.69) is 27.6 Å². The number of halogens is 1. The Morgan fingerprint density at radius 1 is 0.781 bits per heavy atom. The number of carbonyl (C=O) groups excluding carboxylic acids is 1. The van der Waals surface area contributed by atoms with Crippen LogP contribution in [0, 0.1) is 0 Å². The lowest BCUT2D eigenvalue weighted by Crippen LogP contribution is -2.15. The van der Waals surface area contributed by atoms with Gasteiger partial charge in [0.25, 0.3) is 0 Å². The first-order valence-corrected chi connectivity index (χ1v) is 10.9. The minimum atomic E-state index is -1.29. The monoisotopic (exact) mass is 535 g/mol. The highest BCUT2D eigenvalue weighted by atomic mass is 127. The summed E-state index contributed by atoms with van der Waals surface area (Å²) in [7, 11) is 1.23. The molecule has 0 atom stereocenters. The molecule has 32 heavy (non-hydrogen) atoms. The third kappa shape index (κ3) is 4.01. The number of carbonyl (C=O) groups is 2. The minimum Gasteiger partial charge on any atom is -0.476 e. The Hall–Kier alpha value is -3.52. The molecule has 0 aliphatic carbocycles. The molecular weight excluding hydrogens is 517 g/mol. The smallest absolute Gasteiger partial charge is 0.355 e. The van der Waals surface area contributed by atoms with Gasteiger partial charge in [0, 0.05) is 19.9 Å². The molecule has 0 fully saturated rings. The van der Waals surface area contributed by atoms with Crippen LogP contribution < -0.4 is 0 Å². The predicted molar refractivity (Wildman–Crippen MR) is 133 cm³/mol. The van der Waals surface area contributed by atoms with Gasteiger partial charge in [-0.05, 0) is 33.7 Å². The molecule has 4 rings (SSSR count). The molecule has 0 radical (unpaired) electrons. The summed E-state index contributed by atoms with van der Waals surface area (Å²) in [6.07, 6.45) is 0. The van der Waals surface area contributed by atoms with Crippen LogP contribution in [-0.4, -0.2) is 29.1 Å². The highest BCUT2D eigenvalue weighted by Crippen LogP contribution is 2.39. The highest BCUT2D eigenvalue weighted by molar-refractivity contribution is 14.1. The van der Waals surface area contributed by atoms with E-state index in [4.69, 9.17) is 4.74 Å². The Balaban J connectivity index is 2.16. The van der Waals surface area contributed by atoms with Gasteiger partial charge in [0.2, 0.25) is 0 Å². The van der Waals surface area contributed by atoms with Gasteiger partial charge in [-0.3, -0.25) is 0 Å². The third-order valence-electron chi connectivity index (χ3n) is 5.05. The number of pyridine rings is 1. The Morgan fingerprint density at radius 3 is 1.88 bits per heavy atom. The molecule has 6 heteroatoms. The van der Waals surface area contributed by atoms with E-state index in [1.807, 2.05) is 72.8 Å². The molecule has 0 saturated carbocycles. The van der Waals surface area contributed by atoms with Crippen molar-refractivity contribution in [3.8, 4) is 0 Å². The second-order valence-electron chi connectivity index (χ2n) is 6.95. The highest BCUT2D eigenvalue weighted by Gasteiger charge is 2.26. The maximum Gasteiger partial charge on any atom is 0.355 e. The van der Waals surface area contributed by atoms with E-state index in [0.717, 1.165) is 20.3 Å². The van der Waals surface area contributed by atoms with Crippen molar-refractivity contribution in [3.05, 3.63) is 113 Å². The quantitative estimate of drug-likeness (QED) is 0.191. The SMILES string of the molecule is COC(=O)c1c(C(=O)O)nc(/C(=C(\I)c2ccccc2)c2ccccc2)c2ccccc12. The maximum atomic E-state index is 12.5. The number of rotatable bonds is 5. The lowest BCUT2D eigenvalue weighted by molar-refractivity contribution is 0.0582. The first-order valence-electron chi connectivity index (χ1n) is 9.78. The van der Waals surface area contributed by atoms with Gasteiger partial charge in [-0.15, -0.1) is 0 Å². The van der Waals surface area contributed by atoms with Gasteiger partial charge < -0.3 is 9.84 Å². The second kappa shape index (κ2) is 9.32. The van der Waals surface area contributed by atoms with E-state index in [-0.39, 0.29) is 11.3 Å². The number of esters is 1. The van der Waals surface area contributed by atoms with Gasteiger partial charge in [0.15, 0.2) is 5.69 Å². The van der Waals surface area contributed by atoms with Crippen molar-refractivity contribution in [2.45, 2.75) is 0 Å². The van der Waals surface area contributed by atoms with Crippen LogP contribution in [0.4, 0.5) is 0 Å². The predicted octanol–water partition coefficient (Wildman–Crippen LogP) is 6.07. The number of fused-ring (bicyclic) bond motifs is 1. The standard InChI is InChI=1S/C26H18INO4/c1-32-26(31)21-18-14-8-9-15-19(18)23(28-24(21)25(29)30)20(16-10-4-2-5-11-16)22(27)17-12-6-3-7-13-17/h2-15H,1H3,(H,29,30)/b22-20-. The number of hydrogen-bond acceptors (Lipinski definition) is 4. The van der Waals surface area contributed by atoms with Crippen LogP contribution in [0.5, 0.6) is 0 Å². The first kappa shape index (κ1) is 21.7. The van der Waals surface area contributed by atoms with E-state index in [1.54, 1.807) is 12.1 Å². The molecule has 1 N–H and O–H groups in total. The molecule has 0 amide bonds. The molecule has 1 aromatic heterocycles. The van der Waals surface area contributed by atoms with E-state index in [9.17, 15) is 14.7 Å². The van der Waals surface area contributed by atoms with E-state index in [1.165, 1.54) is 7.11 Å². The topological polar surface area (TPSA) is 76.5 Å². The fraction of sp³-hybridized carbons (Fsp3) is 0.0385. The Morgan fingerprint density at radius 2 is 1.31 bits per heavy atom. The van der Waals surface area contributed by atoms with Crippen molar-refractivity contribution in [2.24, 2.45) is 0 Å². The van der Waals surface area contributed by atoms with Gasteiger partial charge in [-0.25, -0.2) is 14.6 Å². The molecule has 0 aliphatic heterocycles. The number of methoxy groups -OCH3 is 1. The Labute approximate surface area is 198 Å². The number of ether oxygens (including phenoxy) is 1. The van der Waals surface area contributed by atoms with E-state index >= 15 is 0 Å². The molecule has 0 spiro atoms. The summed E-state index contributed by atoms with van der Waals surface area (Å²) in [5.41, 5.74) is 2.75. The normalized spacial score (nSPS) is 11.7. The molecule has 0 aliphatic rings. The fourth-order valence-electron chi connectivity index (χ4n) is 3.62. The average Bonchev–Trinajstić information content (AvgIpc) is 2.84. The Bertz CT molecular complexity index is 1350. The number of carboxylic acids is 1. The number of nitrogens with zero attached hydrogens (tertiary/aromatic N) is 1. The number of aromatic nitrogens is 1. The van der Waals surface area contributed by atoms with E-state index in [0.29, 0.717) is 16.5 Å². The van der Waals surface area contributed by atoms with Crippen LogP contribution in [0.25, 0.3) is 19.9 Å². The largest absolute Gasteiger partial charge is 0.476 e. The van der Waals surface area contributed by atoms with Crippen LogP contribution in [0.2, 0.25) is 0 Å². The maximum absolute atomic E-state index is 12.5. The van der Waals surface area contributed by atoms with Crippen molar-refractivity contribution in [1.82, 2.24) is 4.98 Å². The summed E-state index contributed by atoms with van der Waals surface area (Å²) in [6, 6.07) is 26.7. The summed E-state index contributed by atoms with van der Waals surface area (Å²) in [5.74, 6) is -2.03. The first-order chi connectivity index (χ1) is 15.5. The van der Waals surface area contributed by atoms with Crippen molar-refractivity contribution < 1.29 is 19.4 Å². The van der Waals surface area contributed by atoms with Gasteiger partial charge in [0.05, 0.1) is 12.8 Å². The van der Waals surface area contributed by atoms with Crippen LogP contribution in [0.15, 0.2) is 84.9 Å². The lowest BCUT2D eigenvalue weighted by Gasteiger charge is -2.17. The zero-order chi connectivity index (χ0) is 22.7. The van der Waals surface area contributed by atoms with Gasteiger partial charge in [-0.1, -0.05) is 84.9 Å². The van der Waals surface area contributed by atoms with Crippen molar-refractivity contribution >= 4 is 54.5 Å². The molecule has 0 saturated heterocycles. The molecule has 5 nitrogen and oxygen atoms in total. The molecule has 4 aromatic rings. The van der Waals surface area contributed by atoms with Gasteiger partial charge >= 0.3 is 11.9 Å². The van der Waals surface area contributed by atoms with Crippen molar-refractivity contribution in [1.29, 1.82) is 0 Å². The number of benzene rings is 3. The lowest BCUT2D eigenvalue weighted by atomic mass is 9.93. The van der Waals surface area contributed by atoms with Gasteiger partial charge in [0.1, 0.15) is 5.56 Å². The number of aromatic carboxylic acids is 1. The summed E-state index contributed by atoms with van der Waals surface area (Å²) in [5, 5.41) is 11.1. The second-order valence-corrected chi connectivity index (χ2v) is 8.03. The van der Waals surface area contributed by atoms with Crippen LogP contribution in [0.1, 0.15) is 37.7 Å².